The summed E-state index contributed by atoms with van der Waals surface area (Å²) in [6.45, 7) is 2.36. The van der Waals surface area contributed by atoms with Crippen LogP contribution in [0.3, 0.4) is 0 Å². The summed E-state index contributed by atoms with van der Waals surface area (Å²) in [5, 5.41) is 6.63. The normalized spacial score (nSPS) is 10.5. The molecule has 1 heterocycles. The van der Waals surface area contributed by atoms with E-state index in [1.807, 2.05) is 6.92 Å². The maximum absolute atomic E-state index is 13.1. The van der Waals surface area contributed by atoms with Crippen molar-refractivity contribution in [3.05, 3.63) is 88.1 Å². The molecule has 7 nitrogen and oxygen atoms in total. The summed E-state index contributed by atoms with van der Waals surface area (Å²) >= 11 is 0. The number of benzene rings is 2. The van der Waals surface area contributed by atoms with Gasteiger partial charge in [0.05, 0.1) is 17.9 Å². The molecule has 0 aliphatic carbocycles. The van der Waals surface area contributed by atoms with E-state index >= 15 is 0 Å². The smallest absolute Gasteiger partial charge is 0.338 e. The van der Waals surface area contributed by atoms with Gasteiger partial charge in [0.1, 0.15) is 5.82 Å². The molecule has 0 unspecified atom stereocenters. The number of hydrogen-bond acceptors (Lipinski definition) is 5. The molecule has 0 atom stereocenters. The third-order valence-corrected chi connectivity index (χ3v) is 4.22. The number of anilines is 1. The van der Waals surface area contributed by atoms with Gasteiger partial charge < -0.3 is 10.1 Å². The lowest BCUT2D eigenvalue weighted by Crippen LogP contribution is -2.25. The third-order valence-electron chi connectivity index (χ3n) is 4.22. The zero-order chi connectivity index (χ0) is 21.5. The minimum absolute atomic E-state index is 0.315. The number of ether oxygens (including phenoxy) is 1. The molecule has 1 aromatic heterocycles. The molecular weight excluding hydrogens is 389 g/mol. The Bertz CT molecular complexity index is 1090. The van der Waals surface area contributed by atoms with Crippen molar-refractivity contribution in [2.45, 2.75) is 19.8 Å². The van der Waals surface area contributed by atoms with Gasteiger partial charge in [-0.05, 0) is 55.0 Å². The van der Waals surface area contributed by atoms with E-state index in [4.69, 9.17) is 4.74 Å². The summed E-state index contributed by atoms with van der Waals surface area (Å²) in [6, 6.07) is 12.8. The van der Waals surface area contributed by atoms with Gasteiger partial charge in [0.2, 0.25) is 5.43 Å². The molecule has 3 aromatic rings. The van der Waals surface area contributed by atoms with Crippen LogP contribution in [0.1, 0.15) is 40.6 Å². The monoisotopic (exact) mass is 409 g/mol. The fourth-order valence-electron chi connectivity index (χ4n) is 2.57. The van der Waals surface area contributed by atoms with Gasteiger partial charge in [-0.15, -0.1) is 0 Å². The number of carbonyl (C=O) groups excluding carboxylic acids is 2. The number of esters is 1. The van der Waals surface area contributed by atoms with Crippen LogP contribution < -0.4 is 10.7 Å². The number of halogens is 1. The van der Waals surface area contributed by atoms with E-state index in [9.17, 15) is 18.8 Å². The number of aromatic nitrogens is 2. The molecule has 154 valence electrons. The quantitative estimate of drug-likeness (QED) is 0.476. The van der Waals surface area contributed by atoms with Crippen molar-refractivity contribution >= 4 is 17.6 Å². The molecule has 0 saturated carbocycles. The summed E-state index contributed by atoms with van der Waals surface area (Å²) in [6.07, 6.45) is 3.11. The Morgan fingerprint density at radius 1 is 1.07 bits per heavy atom. The van der Waals surface area contributed by atoms with E-state index in [1.165, 1.54) is 65.5 Å². The number of nitrogens with one attached hydrogen (secondary N) is 1. The number of nitrogens with zero attached hydrogens (tertiary/aromatic N) is 2. The SMILES string of the molecule is CCCCOC(=O)c1ccc(NC(=O)c2nn(-c3ccc(F)cc3)ccc2=O)cc1. The van der Waals surface area contributed by atoms with Crippen LogP contribution in [0.25, 0.3) is 5.69 Å². The van der Waals surface area contributed by atoms with Crippen LogP contribution in [-0.2, 0) is 4.74 Å². The molecule has 0 aliphatic rings. The first-order chi connectivity index (χ1) is 14.5. The van der Waals surface area contributed by atoms with E-state index in [2.05, 4.69) is 10.4 Å². The molecule has 30 heavy (non-hydrogen) atoms. The summed E-state index contributed by atoms with van der Waals surface area (Å²) < 4.78 is 19.5. The Labute approximate surface area is 172 Å². The van der Waals surface area contributed by atoms with Crippen LogP contribution in [0.15, 0.2) is 65.6 Å². The largest absolute Gasteiger partial charge is 0.462 e. The van der Waals surface area contributed by atoms with Gasteiger partial charge in [-0.3, -0.25) is 9.59 Å². The molecule has 3 rings (SSSR count). The van der Waals surface area contributed by atoms with Gasteiger partial charge in [-0.25, -0.2) is 13.9 Å². The second kappa shape index (κ2) is 9.60. The van der Waals surface area contributed by atoms with Crippen molar-refractivity contribution in [2.24, 2.45) is 0 Å². The average molecular weight is 409 g/mol. The first-order valence-corrected chi connectivity index (χ1v) is 9.42. The predicted octanol–water partition coefficient (Wildman–Crippen LogP) is 3.58. The Hall–Kier alpha value is -3.81. The second-order valence-electron chi connectivity index (χ2n) is 6.47. The van der Waals surface area contributed by atoms with Crippen LogP contribution in [0.2, 0.25) is 0 Å². The lowest BCUT2D eigenvalue weighted by atomic mass is 10.2. The van der Waals surface area contributed by atoms with Gasteiger partial charge in [0.15, 0.2) is 5.69 Å². The number of unbranched alkanes of at least 4 members (excludes halogenated alkanes) is 1. The van der Waals surface area contributed by atoms with Crippen molar-refractivity contribution in [2.75, 3.05) is 11.9 Å². The molecular formula is C22H20FN3O4. The lowest BCUT2D eigenvalue weighted by molar-refractivity contribution is 0.0499. The van der Waals surface area contributed by atoms with Crippen molar-refractivity contribution < 1.29 is 18.7 Å². The van der Waals surface area contributed by atoms with Crippen molar-refractivity contribution in [3.63, 3.8) is 0 Å². The summed E-state index contributed by atoms with van der Waals surface area (Å²) in [5.41, 5.74) is 0.382. The van der Waals surface area contributed by atoms with Crippen LogP contribution in [0.4, 0.5) is 10.1 Å². The first kappa shape index (κ1) is 20.9. The molecule has 1 N–H and O–H groups in total. The Morgan fingerprint density at radius 3 is 2.43 bits per heavy atom. The van der Waals surface area contributed by atoms with Gasteiger partial charge in [-0.2, -0.15) is 5.10 Å². The molecule has 0 saturated heterocycles. The second-order valence-corrected chi connectivity index (χ2v) is 6.47. The standard InChI is InChI=1S/C22H20FN3O4/c1-2-3-14-30-22(29)15-4-8-17(9-5-15)24-21(28)20-19(27)12-13-26(25-20)18-10-6-16(23)7-11-18/h4-13H,2-3,14H2,1H3,(H,24,28). The van der Waals surface area contributed by atoms with Crippen molar-refractivity contribution in [1.82, 2.24) is 9.78 Å². The van der Waals surface area contributed by atoms with Gasteiger partial charge >= 0.3 is 5.97 Å². The number of rotatable bonds is 7. The first-order valence-electron chi connectivity index (χ1n) is 9.42. The summed E-state index contributed by atoms with van der Waals surface area (Å²) in [5.74, 6) is -1.54. The fraction of sp³-hybridized carbons (Fsp3) is 0.182. The van der Waals surface area contributed by atoms with E-state index in [1.54, 1.807) is 0 Å². The van der Waals surface area contributed by atoms with Crippen LogP contribution >= 0.6 is 0 Å². The zero-order valence-electron chi connectivity index (χ0n) is 16.3. The van der Waals surface area contributed by atoms with Crippen molar-refractivity contribution in [1.29, 1.82) is 0 Å². The predicted molar refractivity (Wildman–Crippen MR) is 109 cm³/mol. The Morgan fingerprint density at radius 2 is 1.77 bits per heavy atom. The maximum atomic E-state index is 13.1. The highest BCUT2D eigenvalue weighted by Gasteiger charge is 2.14. The third kappa shape index (κ3) is 5.16. The van der Waals surface area contributed by atoms with Crippen molar-refractivity contribution in [3.8, 4) is 5.69 Å². The van der Waals surface area contributed by atoms with Gasteiger partial charge in [0.25, 0.3) is 5.91 Å². The molecule has 0 bridgehead atoms. The molecule has 1 amide bonds. The van der Waals surface area contributed by atoms with Crippen LogP contribution in [-0.4, -0.2) is 28.3 Å². The molecule has 0 spiro atoms. The van der Waals surface area contributed by atoms with Crippen LogP contribution in [0, 0.1) is 5.82 Å². The summed E-state index contributed by atoms with van der Waals surface area (Å²) in [4.78, 5) is 36.6. The highest BCUT2D eigenvalue weighted by atomic mass is 19.1. The number of amides is 1. The average Bonchev–Trinajstić information content (AvgIpc) is 2.75. The highest BCUT2D eigenvalue weighted by molar-refractivity contribution is 6.03. The summed E-state index contributed by atoms with van der Waals surface area (Å²) in [7, 11) is 0. The Balaban J connectivity index is 1.73. The fourth-order valence-corrected chi connectivity index (χ4v) is 2.57. The minimum Gasteiger partial charge on any atom is -0.462 e. The van der Waals surface area contributed by atoms with E-state index in [-0.39, 0.29) is 5.69 Å². The maximum Gasteiger partial charge on any atom is 0.338 e. The van der Waals surface area contributed by atoms with E-state index in [0.717, 1.165) is 12.8 Å². The molecule has 2 aromatic carbocycles. The van der Waals surface area contributed by atoms with E-state index in [0.29, 0.717) is 23.5 Å². The molecule has 0 radical (unpaired) electrons. The molecule has 8 heteroatoms. The van der Waals surface area contributed by atoms with Gasteiger partial charge in [-0.1, -0.05) is 13.3 Å². The van der Waals surface area contributed by atoms with Gasteiger partial charge in [0, 0.05) is 18.0 Å². The zero-order valence-corrected chi connectivity index (χ0v) is 16.3. The number of carbonyl (C=O) groups is 2. The van der Waals surface area contributed by atoms with E-state index < -0.39 is 23.1 Å². The Kier molecular flexibility index (Phi) is 6.69. The molecule has 0 fully saturated rings. The lowest BCUT2D eigenvalue weighted by Gasteiger charge is -2.09. The van der Waals surface area contributed by atoms with Crippen LogP contribution in [0.5, 0.6) is 0 Å². The highest BCUT2D eigenvalue weighted by Crippen LogP contribution is 2.12. The number of hydrogen-bond donors (Lipinski definition) is 1. The topological polar surface area (TPSA) is 90.3 Å². The molecule has 0 aliphatic heterocycles. The minimum atomic E-state index is -0.699.